The zero-order valence-electron chi connectivity index (χ0n) is 13.5. The molecule has 6 heteroatoms. The fraction of sp³-hybridized carbons (Fsp3) is 0.529. The number of carboxylic acid groups (broad SMARTS) is 1. The van der Waals surface area contributed by atoms with Crippen LogP contribution in [0.1, 0.15) is 20.3 Å². The highest BCUT2D eigenvalue weighted by Gasteiger charge is 2.30. The molecular formula is C17H23NO5. The molecule has 0 saturated carbocycles. The molecule has 0 radical (unpaired) electrons. The number of ether oxygens (including phenoxy) is 2. The lowest BCUT2D eigenvalue weighted by Gasteiger charge is -2.16. The summed E-state index contributed by atoms with van der Waals surface area (Å²) in [6.07, 6.45) is 0.500. The standard InChI is InChI=1S/C17H23NO5/c1-12(2)10-22-14-4-3-5-15(8-14)23-11-16(19)18-7-6-13(9-18)17(20)21/h3-5,8,12-13H,6-7,9-11H2,1-2H3,(H,20,21). The monoisotopic (exact) mass is 321 g/mol. The van der Waals surface area contributed by atoms with E-state index < -0.39 is 11.9 Å². The molecule has 1 heterocycles. The van der Waals surface area contributed by atoms with E-state index >= 15 is 0 Å². The first kappa shape index (κ1) is 17.1. The Balaban J connectivity index is 1.82. The summed E-state index contributed by atoms with van der Waals surface area (Å²) in [5.41, 5.74) is 0. The number of carbonyl (C=O) groups excluding carboxylic acids is 1. The van der Waals surface area contributed by atoms with Crippen LogP contribution in [0, 0.1) is 11.8 Å². The Morgan fingerprint density at radius 1 is 1.30 bits per heavy atom. The third kappa shape index (κ3) is 5.16. The summed E-state index contributed by atoms with van der Waals surface area (Å²) < 4.78 is 11.1. The summed E-state index contributed by atoms with van der Waals surface area (Å²) in [4.78, 5) is 24.5. The summed E-state index contributed by atoms with van der Waals surface area (Å²) in [7, 11) is 0. The maximum atomic E-state index is 12.1. The second-order valence-electron chi connectivity index (χ2n) is 6.13. The van der Waals surface area contributed by atoms with Gasteiger partial charge >= 0.3 is 5.97 Å². The maximum Gasteiger partial charge on any atom is 0.308 e. The number of nitrogens with zero attached hydrogens (tertiary/aromatic N) is 1. The lowest BCUT2D eigenvalue weighted by molar-refractivity contribution is -0.141. The molecule has 1 atom stereocenters. The van der Waals surface area contributed by atoms with E-state index in [9.17, 15) is 9.59 Å². The van der Waals surface area contributed by atoms with Gasteiger partial charge in [0.1, 0.15) is 11.5 Å². The second-order valence-corrected chi connectivity index (χ2v) is 6.13. The van der Waals surface area contributed by atoms with Crippen molar-refractivity contribution < 1.29 is 24.2 Å². The van der Waals surface area contributed by atoms with Gasteiger partial charge in [-0.25, -0.2) is 0 Å². The van der Waals surface area contributed by atoms with Crippen molar-refractivity contribution in [3.8, 4) is 11.5 Å². The first-order valence-electron chi connectivity index (χ1n) is 7.82. The number of rotatable bonds is 7. The van der Waals surface area contributed by atoms with Crippen LogP contribution >= 0.6 is 0 Å². The average molecular weight is 321 g/mol. The minimum atomic E-state index is -0.851. The smallest absolute Gasteiger partial charge is 0.308 e. The molecule has 1 aromatic carbocycles. The number of hydrogen-bond acceptors (Lipinski definition) is 4. The molecule has 1 aromatic rings. The lowest BCUT2D eigenvalue weighted by atomic mass is 10.1. The van der Waals surface area contributed by atoms with E-state index in [1.807, 2.05) is 12.1 Å². The van der Waals surface area contributed by atoms with Crippen LogP contribution in [0.3, 0.4) is 0 Å². The van der Waals surface area contributed by atoms with Crippen molar-refractivity contribution in [1.82, 2.24) is 4.90 Å². The van der Waals surface area contributed by atoms with E-state index in [-0.39, 0.29) is 19.1 Å². The van der Waals surface area contributed by atoms with E-state index in [0.29, 0.717) is 37.0 Å². The van der Waals surface area contributed by atoms with E-state index in [1.165, 1.54) is 4.90 Å². The van der Waals surface area contributed by atoms with Crippen LogP contribution in [-0.4, -0.2) is 48.2 Å². The highest BCUT2D eigenvalue weighted by Crippen LogP contribution is 2.21. The number of carboxylic acids is 1. The van der Waals surface area contributed by atoms with Crippen molar-refractivity contribution in [2.75, 3.05) is 26.3 Å². The molecule has 126 valence electrons. The summed E-state index contributed by atoms with van der Waals surface area (Å²) in [5, 5.41) is 8.96. The molecular weight excluding hydrogens is 298 g/mol. The Morgan fingerprint density at radius 3 is 2.61 bits per heavy atom. The van der Waals surface area contributed by atoms with Gasteiger partial charge in [0.05, 0.1) is 12.5 Å². The summed E-state index contributed by atoms with van der Waals surface area (Å²) in [5.74, 6) is 0.188. The van der Waals surface area contributed by atoms with Crippen molar-refractivity contribution >= 4 is 11.9 Å². The summed E-state index contributed by atoms with van der Waals surface area (Å²) >= 11 is 0. The SMILES string of the molecule is CC(C)COc1cccc(OCC(=O)N2CCC(C(=O)O)C2)c1. The zero-order chi connectivity index (χ0) is 16.8. The van der Waals surface area contributed by atoms with Gasteiger partial charge in [0.25, 0.3) is 5.91 Å². The van der Waals surface area contributed by atoms with Crippen LogP contribution in [0.25, 0.3) is 0 Å². The van der Waals surface area contributed by atoms with Crippen LogP contribution < -0.4 is 9.47 Å². The summed E-state index contributed by atoms with van der Waals surface area (Å²) in [6.45, 7) is 5.39. The molecule has 0 aliphatic carbocycles. The fourth-order valence-corrected chi connectivity index (χ4v) is 2.34. The van der Waals surface area contributed by atoms with Gasteiger partial charge in [-0.05, 0) is 24.5 Å². The average Bonchev–Trinajstić information content (AvgIpc) is 3.01. The van der Waals surface area contributed by atoms with E-state index in [2.05, 4.69) is 13.8 Å². The molecule has 1 fully saturated rings. The molecule has 1 aliphatic heterocycles. The van der Waals surface area contributed by atoms with Gasteiger partial charge in [-0.2, -0.15) is 0 Å². The highest BCUT2D eigenvalue weighted by molar-refractivity contribution is 5.80. The second kappa shape index (κ2) is 7.85. The van der Waals surface area contributed by atoms with E-state index in [1.54, 1.807) is 12.1 Å². The minimum absolute atomic E-state index is 0.0972. The topological polar surface area (TPSA) is 76.1 Å². The number of hydrogen-bond donors (Lipinski definition) is 1. The van der Waals surface area contributed by atoms with Gasteiger partial charge in [0.15, 0.2) is 6.61 Å². The van der Waals surface area contributed by atoms with Gasteiger partial charge in [0, 0.05) is 19.2 Å². The maximum absolute atomic E-state index is 12.1. The normalized spacial score (nSPS) is 17.3. The molecule has 23 heavy (non-hydrogen) atoms. The van der Waals surface area contributed by atoms with E-state index in [4.69, 9.17) is 14.6 Å². The number of amides is 1. The van der Waals surface area contributed by atoms with Gasteiger partial charge in [0.2, 0.25) is 0 Å². The Labute approximate surface area is 136 Å². The quantitative estimate of drug-likeness (QED) is 0.831. The largest absolute Gasteiger partial charge is 0.493 e. The number of aliphatic carboxylic acids is 1. The molecule has 1 aliphatic rings. The first-order valence-corrected chi connectivity index (χ1v) is 7.82. The molecule has 6 nitrogen and oxygen atoms in total. The third-order valence-electron chi connectivity index (χ3n) is 3.64. The van der Waals surface area contributed by atoms with E-state index in [0.717, 1.165) is 0 Å². The van der Waals surface area contributed by atoms with Gasteiger partial charge in [-0.1, -0.05) is 19.9 Å². The third-order valence-corrected chi connectivity index (χ3v) is 3.64. The van der Waals surface area contributed by atoms with Crippen molar-refractivity contribution in [1.29, 1.82) is 0 Å². The van der Waals surface area contributed by atoms with Crippen LogP contribution in [-0.2, 0) is 9.59 Å². The molecule has 2 rings (SSSR count). The predicted molar refractivity (Wildman–Crippen MR) is 84.6 cm³/mol. The Bertz CT molecular complexity index is 558. The van der Waals surface area contributed by atoms with Gasteiger partial charge in [-0.15, -0.1) is 0 Å². The Kier molecular flexibility index (Phi) is 5.84. The molecule has 0 spiro atoms. The number of likely N-dealkylation sites (tertiary alicyclic amines) is 1. The van der Waals surface area contributed by atoms with Crippen LogP contribution in [0.2, 0.25) is 0 Å². The molecule has 0 bridgehead atoms. The van der Waals surface area contributed by atoms with Gasteiger partial charge < -0.3 is 19.5 Å². The lowest BCUT2D eigenvalue weighted by Crippen LogP contribution is -2.33. The first-order chi connectivity index (χ1) is 11.0. The predicted octanol–water partition coefficient (Wildman–Crippen LogP) is 2.03. The number of benzene rings is 1. The van der Waals surface area contributed by atoms with Crippen molar-refractivity contribution in [3.05, 3.63) is 24.3 Å². The molecule has 0 aromatic heterocycles. The fourth-order valence-electron chi connectivity index (χ4n) is 2.34. The molecule has 1 N–H and O–H groups in total. The Hall–Kier alpha value is -2.24. The molecule has 1 saturated heterocycles. The van der Waals surface area contributed by atoms with Crippen molar-refractivity contribution in [2.45, 2.75) is 20.3 Å². The highest BCUT2D eigenvalue weighted by atomic mass is 16.5. The summed E-state index contributed by atoms with van der Waals surface area (Å²) in [6, 6.07) is 7.17. The van der Waals surface area contributed by atoms with Crippen LogP contribution in [0.5, 0.6) is 11.5 Å². The molecule has 1 unspecified atom stereocenters. The molecule has 1 amide bonds. The van der Waals surface area contributed by atoms with Gasteiger partial charge in [-0.3, -0.25) is 9.59 Å². The zero-order valence-corrected chi connectivity index (χ0v) is 13.5. The minimum Gasteiger partial charge on any atom is -0.493 e. The van der Waals surface area contributed by atoms with Crippen molar-refractivity contribution in [2.24, 2.45) is 11.8 Å². The van der Waals surface area contributed by atoms with Crippen LogP contribution in [0.15, 0.2) is 24.3 Å². The Morgan fingerprint density at radius 2 is 2.00 bits per heavy atom. The van der Waals surface area contributed by atoms with Crippen LogP contribution in [0.4, 0.5) is 0 Å². The number of carbonyl (C=O) groups is 2. The van der Waals surface area contributed by atoms with Crippen molar-refractivity contribution in [3.63, 3.8) is 0 Å².